The lowest BCUT2D eigenvalue weighted by atomic mass is 9.94. The quantitative estimate of drug-likeness (QED) is 0.148. The van der Waals surface area contributed by atoms with E-state index in [0.29, 0.717) is 0 Å². The zero-order valence-electron chi connectivity index (χ0n) is 35.1. The molecule has 0 fully saturated rings. The minimum absolute atomic E-state index is 1.09. The summed E-state index contributed by atoms with van der Waals surface area (Å²) in [6.45, 7) is 0. The fraction of sp³-hybridized carbons (Fsp3) is 0. The molecule has 0 bridgehead atoms. The maximum atomic E-state index is 2.48. The van der Waals surface area contributed by atoms with Crippen molar-refractivity contribution in [3.63, 3.8) is 0 Å². The molecule has 0 unspecified atom stereocenters. The van der Waals surface area contributed by atoms with Crippen LogP contribution in [0.1, 0.15) is 0 Å². The van der Waals surface area contributed by atoms with Crippen LogP contribution in [0.25, 0.3) is 93.5 Å². The molecular formula is C62H42N2. The standard InChI is InChI=1S/C62H42N2/c1-4-15-43(16-5-1)45-29-36-50(37-30-45)63(51-38-31-46(32-39-51)44-17-6-2-7-18-44)52-40-33-48(34-41-52)53-23-13-26-56-55(53)25-14-28-58(56)64-59-27-11-10-22-57(59)62-60(64)42-35-49-21-12-24-54(61(49)62)47-19-8-3-9-20-47/h1-42H. The SMILES string of the molecule is c1ccc(-c2ccc(N(c3ccc(-c4ccccc4)cc3)c3ccc(-c4cccc5c(-n6c7ccccc7c7c8c(-c9ccccc9)cccc8ccc76)cccc45)cc3)cc2)cc1. The lowest BCUT2D eigenvalue weighted by Gasteiger charge is -2.26. The highest BCUT2D eigenvalue weighted by atomic mass is 15.1. The van der Waals surface area contributed by atoms with Gasteiger partial charge in [0.2, 0.25) is 0 Å². The first-order chi connectivity index (χ1) is 31.8. The molecule has 0 atom stereocenters. The second-order valence-electron chi connectivity index (χ2n) is 16.5. The Bertz CT molecular complexity index is 3530. The highest BCUT2D eigenvalue weighted by Gasteiger charge is 2.20. The summed E-state index contributed by atoms with van der Waals surface area (Å²) in [6, 6.07) is 92.5. The second-order valence-corrected chi connectivity index (χ2v) is 16.5. The van der Waals surface area contributed by atoms with Crippen molar-refractivity contribution >= 4 is 60.4 Å². The molecule has 300 valence electrons. The summed E-state index contributed by atoms with van der Waals surface area (Å²) in [5, 5.41) is 7.49. The van der Waals surface area contributed by atoms with E-state index in [-0.39, 0.29) is 0 Å². The third-order valence-electron chi connectivity index (χ3n) is 12.8. The lowest BCUT2D eigenvalue weighted by Crippen LogP contribution is -2.09. The Balaban J connectivity index is 0.967. The van der Waals surface area contributed by atoms with Gasteiger partial charge in [0.05, 0.1) is 16.7 Å². The molecule has 0 aliphatic carbocycles. The van der Waals surface area contributed by atoms with E-state index in [1.165, 1.54) is 93.5 Å². The van der Waals surface area contributed by atoms with Crippen LogP contribution in [-0.2, 0) is 0 Å². The van der Waals surface area contributed by atoms with Crippen LogP contribution in [0.5, 0.6) is 0 Å². The molecule has 0 N–H and O–H groups in total. The Morgan fingerprint density at radius 1 is 0.250 bits per heavy atom. The third-order valence-corrected chi connectivity index (χ3v) is 12.8. The molecule has 0 spiro atoms. The number of aromatic nitrogens is 1. The van der Waals surface area contributed by atoms with Gasteiger partial charge in [-0.05, 0) is 115 Å². The van der Waals surface area contributed by atoms with Crippen LogP contribution in [0.2, 0.25) is 0 Å². The van der Waals surface area contributed by atoms with Crippen LogP contribution in [-0.4, -0.2) is 4.57 Å². The molecule has 12 rings (SSSR count). The summed E-state index contributed by atoms with van der Waals surface area (Å²) in [7, 11) is 0. The zero-order valence-corrected chi connectivity index (χ0v) is 35.1. The molecule has 0 saturated heterocycles. The highest BCUT2D eigenvalue weighted by molar-refractivity contribution is 6.25. The molecule has 0 aliphatic heterocycles. The fourth-order valence-corrected chi connectivity index (χ4v) is 9.80. The minimum atomic E-state index is 1.09. The number of hydrogen-bond donors (Lipinski definition) is 0. The highest BCUT2D eigenvalue weighted by Crippen LogP contribution is 2.44. The summed E-state index contributed by atoms with van der Waals surface area (Å²) >= 11 is 0. The van der Waals surface area contributed by atoms with Gasteiger partial charge in [-0.3, -0.25) is 0 Å². The molecule has 12 aromatic rings. The molecule has 0 amide bonds. The van der Waals surface area contributed by atoms with Gasteiger partial charge in [-0.15, -0.1) is 0 Å². The van der Waals surface area contributed by atoms with Gasteiger partial charge in [0, 0.05) is 33.2 Å². The normalized spacial score (nSPS) is 11.4. The average Bonchev–Trinajstić information content (AvgIpc) is 3.72. The van der Waals surface area contributed by atoms with Gasteiger partial charge in [0.25, 0.3) is 0 Å². The predicted octanol–water partition coefficient (Wildman–Crippen LogP) is 17.2. The summed E-state index contributed by atoms with van der Waals surface area (Å²) in [5.74, 6) is 0. The molecule has 1 heterocycles. The summed E-state index contributed by atoms with van der Waals surface area (Å²) in [5.41, 5.74) is 16.5. The van der Waals surface area contributed by atoms with Gasteiger partial charge >= 0.3 is 0 Å². The molecular weight excluding hydrogens is 773 g/mol. The van der Waals surface area contributed by atoms with Crippen molar-refractivity contribution in [3.8, 4) is 50.2 Å². The fourth-order valence-electron chi connectivity index (χ4n) is 9.80. The minimum Gasteiger partial charge on any atom is -0.311 e. The average molecular weight is 815 g/mol. The van der Waals surface area contributed by atoms with E-state index in [0.717, 1.165) is 17.1 Å². The molecule has 1 aromatic heterocycles. The van der Waals surface area contributed by atoms with Crippen molar-refractivity contribution in [1.82, 2.24) is 4.57 Å². The molecule has 0 radical (unpaired) electrons. The Hall–Kier alpha value is -8.46. The van der Waals surface area contributed by atoms with E-state index >= 15 is 0 Å². The number of fused-ring (bicyclic) bond motifs is 6. The van der Waals surface area contributed by atoms with E-state index in [2.05, 4.69) is 264 Å². The summed E-state index contributed by atoms with van der Waals surface area (Å²) in [4.78, 5) is 2.35. The lowest BCUT2D eigenvalue weighted by molar-refractivity contribution is 1.20. The first-order valence-electron chi connectivity index (χ1n) is 22.0. The number of benzene rings is 11. The van der Waals surface area contributed by atoms with Crippen molar-refractivity contribution < 1.29 is 0 Å². The Kier molecular flexibility index (Phi) is 9.20. The maximum absolute atomic E-state index is 2.48. The molecule has 2 nitrogen and oxygen atoms in total. The van der Waals surface area contributed by atoms with Gasteiger partial charge in [0.1, 0.15) is 0 Å². The van der Waals surface area contributed by atoms with Gasteiger partial charge in [0.15, 0.2) is 0 Å². The van der Waals surface area contributed by atoms with Crippen molar-refractivity contribution in [2.75, 3.05) is 4.90 Å². The van der Waals surface area contributed by atoms with Gasteiger partial charge < -0.3 is 9.47 Å². The number of rotatable bonds is 8. The topological polar surface area (TPSA) is 8.17 Å². The van der Waals surface area contributed by atoms with Crippen LogP contribution in [0.4, 0.5) is 17.1 Å². The number of hydrogen-bond acceptors (Lipinski definition) is 1. The number of nitrogens with zero attached hydrogens (tertiary/aromatic N) is 2. The van der Waals surface area contributed by atoms with E-state index in [1.54, 1.807) is 0 Å². The first kappa shape index (κ1) is 37.3. The molecule has 0 aliphatic rings. The van der Waals surface area contributed by atoms with Crippen molar-refractivity contribution in [3.05, 3.63) is 255 Å². The number of para-hydroxylation sites is 1. The van der Waals surface area contributed by atoms with Gasteiger partial charge in [-0.25, -0.2) is 0 Å². The van der Waals surface area contributed by atoms with Crippen LogP contribution in [0, 0.1) is 0 Å². The monoisotopic (exact) mass is 814 g/mol. The smallest absolute Gasteiger partial charge is 0.0548 e. The maximum Gasteiger partial charge on any atom is 0.0548 e. The molecule has 64 heavy (non-hydrogen) atoms. The van der Waals surface area contributed by atoms with Crippen LogP contribution < -0.4 is 4.90 Å². The van der Waals surface area contributed by atoms with Crippen LogP contribution in [0.3, 0.4) is 0 Å². The van der Waals surface area contributed by atoms with Crippen LogP contribution >= 0.6 is 0 Å². The summed E-state index contributed by atoms with van der Waals surface area (Å²) in [6.07, 6.45) is 0. The van der Waals surface area contributed by atoms with E-state index in [4.69, 9.17) is 0 Å². The molecule has 0 saturated carbocycles. The summed E-state index contributed by atoms with van der Waals surface area (Å²) < 4.78 is 2.48. The van der Waals surface area contributed by atoms with Gasteiger partial charge in [-0.2, -0.15) is 0 Å². The van der Waals surface area contributed by atoms with Gasteiger partial charge in [-0.1, -0.05) is 200 Å². The Morgan fingerprint density at radius 2 is 0.703 bits per heavy atom. The van der Waals surface area contributed by atoms with E-state index < -0.39 is 0 Å². The second kappa shape index (κ2) is 15.8. The van der Waals surface area contributed by atoms with Crippen molar-refractivity contribution in [1.29, 1.82) is 0 Å². The molecule has 11 aromatic carbocycles. The van der Waals surface area contributed by atoms with E-state index in [1.807, 2.05) is 0 Å². The third kappa shape index (κ3) is 6.44. The predicted molar refractivity (Wildman–Crippen MR) is 272 cm³/mol. The zero-order chi connectivity index (χ0) is 42.4. The van der Waals surface area contributed by atoms with E-state index in [9.17, 15) is 0 Å². The van der Waals surface area contributed by atoms with Crippen molar-refractivity contribution in [2.45, 2.75) is 0 Å². The van der Waals surface area contributed by atoms with Crippen LogP contribution in [0.15, 0.2) is 255 Å². The largest absolute Gasteiger partial charge is 0.311 e. The Labute approximate surface area is 373 Å². The number of anilines is 3. The van der Waals surface area contributed by atoms with Crippen molar-refractivity contribution in [2.24, 2.45) is 0 Å². The first-order valence-corrected chi connectivity index (χ1v) is 22.0. The molecule has 2 heteroatoms. The Morgan fingerprint density at radius 3 is 1.33 bits per heavy atom.